The molecular formula is C10H9ClN4O. The van der Waals surface area contributed by atoms with Crippen LogP contribution in [0, 0.1) is 6.92 Å². The lowest BCUT2D eigenvalue weighted by Gasteiger charge is -1.92. The predicted octanol–water partition coefficient (Wildman–Crippen LogP) is 3.08. The van der Waals surface area contributed by atoms with Crippen LogP contribution in [0.2, 0.25) is 5.02 Å². The monoisotopic (exact) mass is 236 g/mol. The minimum Gasteiger partial charge on any atom is -0.300 e. The number of hydrogen-bond donors (Lipinski definition) is 2. The maximum Gasteiger partial charge on any atom is 0.291 e. The molecule has 2 aromatic rings. The summed E-state index contributed by atoms with van der Waals surface area (Å²) in [5, 5.41) is 13.5. The maximum atomic E-state index is 11.3. The van der Waals surface area contributed by atoms with Crippen molar-refractivity contribution in [2.24, 2.45) is 10.2 Å². The Kier molecular flexibility index (Phi) is 2.87. The molecule has 0 aliphatic heterocycles. The molecule has 5 nitrogen and oxygen atoms in total. The number of H-pyrrole nitrogens is 2. The molecule has 82 valence electrons. The number of azo groups is 1. The van der Waals surface area contributed by atoms with E-state index in [0.717, 1.165) is 0 Å². The van der Waals surface area contributed by atoms with E-state index in [-0.39, 0.29) is 11.2 Å². The molecule has 0 unspecified atom stereocenters. The molecular weight excluding hydrogens is 228 g/mol. The summed E-state index contributed by atoms with van der Waals surface area (Å²) in [7, 11) is 0. The highest BCUT2D eigenvalue weighted by molar-refractivity contribution is 6.30. The van der Waals surface area contributed by atoms with Gasteiger partial charge in [-0.2, -0.15) is 5.11 Å². The van der Waals surface area contributed by atoms with Crippen LogP contribution >= 0.6 is 11.6 Å². The van der Waals surface area contributed by atoms with Crippen LogP contribution in [0.1, 0.15) is 5.69 Å². The highest BCUT2D eigenvalue weighted by atomic mass is 35.5. The van der Waals surface area contributed by atoms with E-state index in [1.54, 1.807) is 31.2 Å². The molecule has 0 aliphatic rings. The van der Waals surface area contributed by atoms with Crippen LogP contribution in [0.15, 0.2) is 39.3 Å². The Morgan fingerprint density at radius 3 is 2.69 bits per heavy atom. The van der Waals surface area contributed by atoms with E-state index in [4.69, 9.17) is 11.6 Å². The van der Waals surface area contributed by atoms with Gasteiger partial charge in [0.15, 0.2) is 5.69 Å². The van der Waals surface area contributed by atoms with Crippen LogP contribution in [0.25, 0.3) is 0 Å². The Hall–Kier alpha value is -1.88. The van der Waals surface area contributed by atoms with Crippen molar-refractivity contribution >= 4 is 23.0 Å². The van der Waals surface area contributed by atoms with Crippen molar-refractivity contribution in [1.29, 1.82) is 0 Å². The standard InChI is InChI=1S/C10H9ClN4O/c1-6-9(10(16)15-12-6)14-13-8-4-2-3-7(11)5-8/h2-5H,1H3,(H2,12,15,16). The van der Waals surface area contributed by atoms with Crippen LogP contribution in [-0.4, -0.2) is 10.2 Å². The molecule has 1 aromatic carbocycles. The summed E-state index contributed by atoms with van der Waals surface area (Å²) in [6.45, 7) is 1.74. The molecule has 0 atom stereocenters. The third-order valence-corrected chi connectivity index (χ3v) is 2.24. The number of halogens is 1. The third-order valence-electron chi connectivity index (χ3n) is 2.01. The van der Waals surface area contributed by atoms with Crippen LogP contribution in [0.4, 0.5) is 11.4 Å². The normalized spacial score (nSPS) is 11.1. The second-order valence-electron chi connectivity index (χ2n) is 3.23. The van der Waals surface area contributed by atoms with Crippen molar-refractivity contribution in [3.05, 3.63) is 45.3 Å². The molecule has 2 rings (SSSR count). The van der Waals surface area contributed by atoms with Crippen LogP contribution in [0.5, 0.6) is 0 Å². The smallest absolute Gasteiger partial charge is 0.291 e. The molecule has 16 heavy (non-hydrogen) atoms. The van der Waals surface area contributed by atoms with Crippen LogP contribution < -0.4 is 5.56 Å². The molecule has 0 bridgehead atoms. The van der Waals surface area contributed by atoms with Crippen molar-refractivity contribution in [3.8, 4) is 0 Å². The van der Waals surface area contributed by atoms with E-state index < -0.39 is 0 Å². The molecule has 0 saturated carbocycles. The minimum absolute atomic E-state index is 0.278. The van der Waals surface area contributed by atoms with Crippen LogP contribution in [0.3, 0.4) is 0 Å². The van der Waals surface area contributed by atoms with Crippen molar-refractivity contribution in [1.82, 2.24) is 10.2 Å². The van der Waals surface area contributed by atoms with Gasteiger partial charge < -0.3 is 5.10 Å². The molecule has 1 heterocycles. The van der Waals surface area contributed by atoms with Crippen molar-refractivity contribution in [3.63, 3.8) is 0 Å². The second kappa shape index (κ2) is 4.32. The predicted molar refractivity (Wildman–Crippen MR) is 61.8 cm³/mol. The molecule has 2 N–H and O–H groups in total. The second-order valence-corrected chi connectivity index (χ2v) is 3.67. The number of benzene rings is 1. The maximum absolute atomic E-state index is 11.3. The average molecular weight is 237 g/mol. The zero-order valence-corrected chi connectivity index (χ0v) is 9.25. The third kappa shape index (κ3) is 2.20. The fraction of sp³-hybridized carbons (Fsp3) is 0.100. The van der Waals surface area contributed by atoms with E-state index in [9.17, 15) is 4.79 Å². The van der Waals surface area contributed by atoms with Crippen molar-refractivity contribution < 1.29 is 0 Å². The Bertz CT molecular complexity index is 585. The summed E-state index contributed by atoms with van der Waals surface area (Å²) >= 11 is 5.79. The number of hydrogen-bond acceptors (Lipinski definition) is 3. The fourth-order valence-corrected chi connectivity index (χ4v) is 1.39. The summed E-state index contributed by atoms with van der Waals surface area (Å²) in [5.74, 6) is 0. The van der Waals surface area contributed by atoms with E-state index >= 15 is 0 Å². The first-order valence-corrected chi connectivity index (χ1v) is 4.99. The Labute approximate surface area is 96.2 Å². The van der Waals surface area contributed by atoms with E-state index in [0.29, 0.717) is 16.4 Å². The number of aryl methyl sites for hydroxylation is 1. The number of nitrogens with zero attached hydrogens (tertiary/aromatic N) is 2. The topological polar surface area (TPSA) is 73.4 Å². The van der Waals surface area contributed by atoms with Crippen LogP contribution in [-0.2, 0) is 0 Å². The van der Waals surface area contributed by atoms with Gasteiger partial charge in [-0.05, 0) is 25.1 Å². The lowest BCUT2D eigenvalue weighted by atomic mass is 10.3. The minimum atomic E-state index is -0.289. The summed E-state index contributed by atoms with van der Waals surface area (Å²) in [4.78, 5) is 11.3. The lowest BCUT2D eigenvalue weighted by molar-refractivity contribution is 1.02. The molecule has 0 spiro atoms. The quantitative estimate of drug-likeness (QED) is 0.773. The van der Waals surface area contributed by atoms with Crippen molar-refractivity contribution in [2.45, 2.75) is 6.92 Å². The molecule has 0 amide bonds. The van der Waals surface area contributed by atoms with Gasteiger partial charge in [-0.15, -0.1) is 5.11 Å². The van der Waals surface area contributed by atoms with Gasteiger partial charge >= 0.3 is 0 Å². The molecule has 0 aliphatic carbocycles. The Morgan fingerprint density at radius 1 is 1.25 bits per heavy atom. The zero-order chi connectivity index (χ0) is 11.5. The largest absolute Gasteiger partial charge is 0.300 e. The van der Waals surface area contributed by atoms with Gasteiger partial charge in [0.1, 0.15) is 0 Å². The average Bonchev–Trinajstić information content (AvgIpc) is 2.56. The number of aromatic nitrogens is 2. The molecule has 0 radical (unpaired) electrons. The van der Waals surface area contributed by atoms with Gasteiger partial charge in [0.2, 0.25) is 0 Å². The van der Waals surface area contributed by atoms with E-state index in [2.05, 4.69) is 20.4 Å². The van der Waals surface area contributed by atoms with E-state index in [1.807, 2.05) is 0 Å². The fourth-order valence-electron chi connectivity index (χ4n) is 1.21. The molecule has 0 saturated heterocycles. The summed E-state index contributed by atoms with van der Waals surface area (Å²) in [6, 6.07) is 6.94. The summed E-state index contributed by atoms with van der Waals surface area (Å²) < 4.78 is 0. The number of rotatable bonds is 2. The first-order valence-electron chi connectivity index (χ1n) is 4.61. The van der Waals surface area contributed by atoms with Gasteiger partial charge in [0, 0.05) is 5.02 Å². The van der Waals surface area contributed by atoms with Gasteiger partial charge in [-0.25, -0.2) is 0 Å². The zero-order valence-electron chi connectivity index (χ0n) is 8.49. The van der Waals surface area contributed by atoms with Crippen molar-refractivity contribution in [2.75, 3.05) is 0 Å². The van der Waals surface area contributed by atoms with Gasteiger partial charge in [0.05, 0.1) is 11.4 Å². The first-order chi connectivity index (χ1) is 7.66. The summed E-state index contributed by atoms with van der Waals surface area (Å²) in [6.07, 6.45) is 0. The number of aromatic amines is 2. The highest BCUT2D eigenvalue weighted by Gasteiger charge is 2.03. The summed E-state index contributed by atoms with van der Waals surface area (Å²) in [5.41, 5.74) is 1.24. The van der Waals surface area contributed by atoms with Gasteiger partial charge in [-0.3, -0.25) is 9.89 Å². The molecule has 6 heteroatoms. The molecule has 1 aromatic heterocycles. The Morgan fingerprint density at radius 2 is 2.06 bits per heavy atom. The van der Waals surface area contributed by atoms with Gasteiger partial charge in [-0.1, -0.05) is 17.7 Å². The van der Waals surface area contributed by atoms with E-state index in [1.165, 1.54) is 0 Å². The number of nitrogens with one attached hydrogen (secondary N) is 2. The Balaban J connectivity index is 2.32. The lowest BCUT2D eigenvalue weighted by Crippen LogP contribution is -1.96. The molecule has 0 fully saturated rings. The SMILES string of the molecule is Cc1[nH][nH]c(=O)c1N=Nc1cccc(Cl)c1. The first kappa shape index (κ1) is 10.6. The van der Waals surface area contributed by atoms with Gasteiger partial charge in [0.25, 0.3) is 5.56 Å². The highest BCUT2D eigenvalue weighted by Crippen LogP contribution is 2.20.